The van der Waals surface area contributed by atoms with E-state index >= 15 is 0 Å². The van der Waals surface area contributed by atoms with E-state index < -0.39 is 6.04 Å². The van der Waals surface area contributed by atoms with Crippen molar-refractivity contribution in [3.05, 3.63) is 46.1 Å². The second-order valence-corrected chi connectivity index (χ2v) is 6.68. The Morgan fingerprint density at radius 3 is 2.62 bits per heavy atom. The average molecular weight is 349 g/mol. The van der Waals surface area contributed by atoms with Gasteiger partial charge in [0.2, 0.25) is 0 Å². The van der Waals surface area contributed by atoms with Gasteiger partial charge in [-0.05, 0) is 44.2 Å². The third-order valence-electron chi connectivity index (χ3n) is 4.77. The number of carbonyl (C=O) groups excluding carboxylic acids is 2. The summed E-state index contributed by atoms with van der Waals surface area (Å²) in [4.78, 5) is 26.4. The van der Waals surface area contributed by atoms with Gasteiger partial charge in [0.25, 0.3) is 0 Å². The van der Waals surface area contributed by atoms with Crippen LogP contribution in [0, 0.1) is 0 Å². The second kappa shape index (κ2) is 6.85. The molecule has 1 aromatic carbocycles. The van der Waals surface area contributed by atoms with Crippen molar-refractivity contribution < 1.29 is 14.3 Å². The molecule has 0 spiro atoms. The summed E-state index contributed by atoms with van der Waals surface area (Å²) in [7, 11) is 1.64. The maximum atomic E-state index is 12.8. The Balaban J connectivity index is 1.97. The minimum Gasteiger partial charge on any atom is -0.459 e. The number of halogens is 1. The van der Waals surface area contributed by atoms with Crippen molar-refractivity contribution in [3.8, 4) is 0 Å². The van der Waals surface area contributed by atoms with Gasteiger partial charge in [-0.25, -0.2) is 9.59 Å². The lowest BCUT2D eigenvalue weighted by molar-refractivity contribution is -0.144. The van der Waals surface area contributed by atoms with E-state index in [-0.39, 0.29) is 18.1 Å². The first-order valence-corrected chi connectivity index (χ1v) is 8.57. The highest BCUT2D eigenvalue weighted by Crippen LogP contribution is 2.35. The highest BCUT2D eigenvalue weighted by atomic mass is 35.5. The molecule has 0 aromatic heterocycles. The maximum absolute atomic E-state index is 12.8. The van der Waals surface area contributed by atoms with Gasteiger partial charge in [0.05, 0.1) is 11.6 Å². The van der Waals surface area contributed by atoms with Crippen molar-refractivity contribution >= 4 is 23.6 Å². The number of carbonyl (C=O) groups is 2. The van der Waals surface area contributed by atoms with Gasteiger partial charge in [-0.15, -0.1) is 0 Å². The number of nitrogens with zero attached hydrogens (tertiary/aromatic N) is 1. The first-order chi connectivity index (χ1) is 11.5. The zero-order valence-corrected chi connectivity index (χ0v) is 14.6. The van der Waals surface area contributed by atoms with Crippen molar-refractivity contribution in [1.29, 1.82) is 0 Å². The van der Waals surface area contributed by atoms with Crippen LogP contribution in [0.5, 0.6) is 0 Å². The van der Waals surface area contributed by atoms with Crippen LogP contribution in [0.4, 0.5) is 4.79 Å². The van der Waals surface area contributed by atoms with E-state index in [1.165, 1.54) is 4.90 Å². The first-order valence-electron chi connectivity index (χ1n) is 8.19. The number of esters is 1. The molecule has 1 aliphatic heterocycles. The molecule has 0 bridgehead atoms. The summed E-state index contributed by atoms with van der Waals surface area (Å²) < 4.78 is 5.68. The number of hydrogen-bond donors (Lipinski definition) is 1. The van der Waals surface area contributed by atoms with E-state index in [4.69, 9.17) is 16.3 Å². The third-order valence-corrected chi connectivity index (χ3v) is 5.11. The van der Waals surface area contributed by atoms with Crippen LogP contribution in [0.2, 0.25) is 5.02 Å². The summed E-state index contributed by atoms with van der Waals surface area (Å²) >= 11 is 6.29. The van der Waals surface area contributed by atoms with E-state index in [2.05, 4.69) is 5.32 Å². The molecule has 5 nitrogen and oxygen atoms in total. The topological polar surface area (TPSA) is 58.6 Å². The lowest BCUT2D eigenvalue weighted by Crippen LogP contribution is -2.46. The van der Waals surface area contributed by atoms with Crippen molar-refractivity contribution in [3.63, 3.8) is 0 Å². The molecule has 0 radical (unpaired) electrons. The van der Waals surface area contributed by atoms with E-state index in [9.17, 15) is 9.59 Å². The molecule has 1 aromatic rings. The van der Waals surface area contributed by atoms with Crippen LogP contribution in [0.25, 0.3) is 0 Å². The smallest absolute Gasteiger partial charge is 0.338 e. The van der Waals surface area contributed by atoms with Crippen molar-refractivity contribution in [2.45, 2.75) is 44.8 Å². The Kier molecular flexibility index (Phi) is 4.81. The predicted molar refractivity (Wildman–Crippen MR) is 91.5 cm³/mol. The molecular formula is C18H21ClN2O3. The molecule has 1 fully saturated rings. The van der Waals surface area contributed by atoms with E-state index in [0.717, 1.165) is 25.7 Å². The fourth-order valence-corrected chi connectivity index (χ4v) is 3.51. The molecule has 1 aliphatic carbocycles. The Bertz CT molecular complexity index is 695. The highest BCUT2D eigenvalue weighted by Gasteiger charge is 2.36. The van der Waals surface area contributed by atoms with Gasteiger partial charge in [-0.3, -0.25) is 0 Å². The number of rotatable bonds is 3. The fourth-order valence-electron chi connectivity index (χ4n) is 3.26. The lowest BCUT2D eigenvalue weighted by Gasteiger charge is -2.34. The minimum absolute atomic E-state index is 0.0346. The molecule has 2 aliphatic rings. The summed E-state index contributed by atoms with van der Waals surface area (Å²) in [5, 5.41) is 3.36. The van der Waals surface area contributed by atoms with E-state index in [1.807, 2.05) is 18.2 Å². The van der Waals surface area contributed by atoms with Gasteiger partial charge in [0, 0.05) is 17.8 Å². The monoisotopic (exact) mass is 348 g/mol. The first kappa shape index (κ1) is 16.8. The minimum atomic E-state index is -0.601. The molecule has 1 atom stereocenters. The molecule has 128 valence electrons. The highest BCUT2D eigenvalue weighted by molar-refractivity contribution is 6.31. The van der Waals surface area contributed by atoms with Crippen LogP contribution in [0.15, 0.2) is 35.5 Å². The Labute approximate surface area is 146 Å². The van der Waals surface area contributed by atoms with Crippen LogP contribution < -0.4 is 5.32 Å². The third kappa shape index (κ3) is 3.13. The lowest BCUT2D eigenvalue weighted by atomic mass is 9.95. The summed E-state index contributed by atoms with van der Waals surface area (Å²) in [6.07, 6.45) is 3.93. The Morgan fingerprint density at radius 1 is 1.29 bits per heavy atom. The molecule has 6 heteroatoms. The van der Waals surface area contributed by atoms with Gasteiger partial charge in [-0.1, -0.05) is 29.8 Å². The molecule has 0 saturated heterocycles. The number of hydrogen-bond acceptors (Lipinski definition) is 3. The number of benzene rings is 1. The number of amides is 2. The fraction of sp³-hybridized carbons (Fsp3) is 0.444. The Morgan fingerprint density at radius 2 is 1.96 bits per heavy atom. The summed E-state index contributed by atoms with van der Waals surface area (Å²) in [6, 6.07) is 6.34. The van der Waals surface area contributed by atoms with Gasteiger partial charge in [-0.2, -0.15) is 0 Å². The van der Waals surface area contributed by atoms with Gasteiger partial charge in [0.15, 0.2) is 0 Å². The molecule has 1 heterocycles. The maximum Gasteiger partial charge on any atom is 0.338 e. The number of urea groups is 1. The standard InChI is InChI=1S/C18H21ClN2O3/c1-11-15(17(22)24-12-7-3-4-8-12)16(20-18(23)21(11)2)13-9-5-6-10-14(13)19/h5-6,9-10,12,16H,3-4,7-8H2,1-2H3,(H,20,23). The predicted octanol–water partition coefficient (Wildman–Crippen LogP) is 3.80. The van der Waals surface area contributed by atoms with Crippen molar-refractivity contribution in [2.75, 3.05) is 7.05 Å². The van der Waals surface area contributed by atoms with Crippen LogP contribution in [0.3, 0.4) is 0 Å². The average Bonchev–Trinajstić information content (AvgIpc) is 3.05. The molecule has 1 N–H and O–H groups in total. The SMILES string of the molecule is CC1=C(C(=O)OC2CCCC2)C(c2ccccc2Cl)NC(=O)N1C. The molecule has 3 rings (SSSR count). The zero-order valence-electron chi connectivity index (χ0n) is 13.8. The van der Waals surface area contributed by atoms with Crippen molar-refractivity contribution in [1.82, 2.24) is 10.2 Å². The number of allylic oxidation sites excluding steroid dienone is 1. The van der Waals surface area contributed by atoms with E-state index in [0.29, 0.717) is 21.9 Å². The van der Waals surface area contributed by atoms with E-state index in [1.54, 1.807) is 20.0 Å². The van der Waals surface area contributed by atoms with Crippen LogP contribution in [0.1, 0.15) is 44.2 Å². The molecule has 1 unspecified atom stereocenters. The molecule has 2 amide bonds. The quantitative estimate of drug-likeness (QED) is 0.845. The van der Waals surface area contributed by atoms with Gasteiger partial charge >= 0.3 is 12.0 Å². The van der Waals surface area contributed by atoms with Crippen LogP contribution >= 0.6 is 11.6 Å². The molecule has 24 heavy (non-hydrogen) atoms. The normalized spacial score (nSPS) is 21.9. The zero-order chi connectivity index (χ0) is 17.3. The second-order valence-electron chi connectivity index (χ2n) is 6.27. The van der Waals surface area contributed by atoms with Crippen LogP contribution in [-0.4, -0.2) is 30.1 Å². The summed E-state index contributed by atoms with van der Waals surface area (Å²) in [5.74, 6) is -0.379. The largest absolute Gasteiger partial charge is 0.459 e. The van der Waals surface area contributed by atoms with Gasteiger partial charge in [0.1, 0.15) is 6.10 Å². The summed E-state index contributed by atoms with van der Waals surface area (Å²) in [6.45, 7) is 1.76. The Hall–Kier alpha value is -2.01. The van der Waals surface area contributed by atoms with Crippen LogP contribution in [-0.2, 0) is 9.53 Å². The van der Waals surface area contributed by atoms with Crippen molar-refractivity contribution in [2.24, 2.45) is 0 Å². The number of ether oxygens (including phenoxy) is 1. The summed E-state index contributed by atoms with van der Waals surface area (Å²) in [5.41, 5.74) is 1.72. The molecule has 1 saturated carbocycles. The molecular weight excluding hydrogens is 328 g/mol. The van der Waals surface area contributed by atoms with Gasteiger partial charge < -0.3 is 15.0 Å². The number of nitrogens with one attached hydrogen (secondary N) is 1.